The summed E-state index contributed by atoms with van der Waals surface area (Å²) in [4.78, 5) is 38.1. The van der Waals surface area contributed by atoms with E-state index in [1.54, 1.807) is 19.3 Å². The molecule has 0 aliphatic heterocycles. The highest BCUT2D eigenvalue weighted by Crippen LogP contribution is 2.16. The minimum Gasteiger partial charge on any atom is -0.364 e. The predicted octanol–water partition coefficient (Wildman–Crippen LogP) is 2.08. The molecule has 7 heteroatoms. The molecule has 0 aliphatic carbocycles. The van der Waals surface area contributed by atoms with Gasteiger partial charge in [-0.15, -0.1) is 0 Å². The third-order valence-corrected chi connectivity index (χ3v) is 4.40. The van der Waals surface area contributed by atoms with E-state index >= 15 is 0 Å². The number of hydrogen-bond donors (Lipinski definition) is 2. The third kappa shape index (κ3) is 4.82. The van der Waals surface area contributed by atoms with Gasteiger partial charge in [0.1, 0.15) is 11.4 Å². The molecule has 1 amide bonds. The molecule has 28 heavy (non-hydrogen) atoms. The maximum absolute atomic E-state index is 12.4. The van der Waals surface area contributed by atoms with Crippen LogP contribution in [0.15, 0.2) is 59.8 Å². The largest absolute Gasteiger partial charge is 0.364 e. The highest BCUT2D eigenvalue weighted by atomic mass is 16.2. The highest BCUT2D eigenvalue weighted by Gasteiger charge is 2.13. The number of H-pyrrole nitrogens is 1. The van der Waals surface area contributed by atoms with Crippen LogP contribution in [0.25, 0.3) is 0 Å². The molecule has 0 spiro atoms. The number of nitrogens with one attached hydrogen (secondary N) is 2. The normalized spacial score (nSPS) is 10.5. The number of rotatable bonds is 7. The molecule has 0 saturated carbocycles. The summed E-state index contributed by atoms with van der Waals surface area (Å²) in [5.41, 5.74) is 2.40. The van der Waals surface area contributed by atoms with Crippen LogP contribution in [0.3, 0.4) is 0 Å². The van der Waals surface area contributed by atoms with Crippen LogP contribution in [0.4, 0.5) is 5.82 Å². The van der Waals surface area contributed by atoms with Crippen molar-refractivity contribution in [2.75, 3.05) is 18.5 Å². The second kappa shape index (κ2) is 8.94. The molecule has 0 bridgehead atoms. The Labute approximate surface area is 163 Å². The quantitative estimate of drug-likeness (QED) is 0.658. The molecule has 0 saturated heterocycles. The van der Waals surface area contributed by atoms with Gasteiger partial charge in [0.05, 0.1) is 0 Å². The molecule has 3 aromatic rings. The number of aromatic amines is 1. The van der Waals surface area contributed by atoms with Crippen molar-refractivity contribution < 1.29 is 4.79 Å². The summed E-state index contributed by atoms with van der Waals surface area (Å²) in [5.74, 6) is 0.378. The summed E-state index contributed by atoms with van der Waals surface area (Å²) in [6.45, 7) is 2.79. The Morgan fingerprint density at radius 2 is 2.00 bits per heavy atom. The van der Waals surface area contributed by atoms with Crippen molar-refractivity contribution in [3.05, 3.63) is 87.7 Å². The Hall–Kier alpha value is -3.48. The summed E-state index contributed by atoms with van der Waals surface area (Å²) in [6.07, 6.45) is 5.74. The first-order valence-corrected chi connectivity index (χ1v) is 9.07. The van der Waals surface area contributed by atoms with Crippen LogP contribution in [0.1, 0.15) is 27.3 Å². The number of hydrogen-bond acceptors (Lipinski definition) is 5. The Bertz CT molecular complexity index is 1000. The molecule has 0 aromatic carbocycles. The van der Waals surface area contributed by atoms with Crippen LogP contribution in [0.5, 0.6) is 0 Å². The van der Waals surface area contributed by atoms with Gasteiger partial charge in [0.15, 0.2) is 5.43 Å². The topological polar surface area (TPSA) is 91.0 Å². The SMILES string of the molecule is Cc1cc(=O)c(C(=O)NCc2cccnc2N(C)CCc2ccccn2)c[nH]1. The lowest BCUT2D eigenvalue weighted by atomic mass is 10.2. The number of pyridine rings is 3. The molecule has 3 aromatic heterocycles. The van der Waals surface area contributed by atoms with Gasteiger partial charge in [-0.2, -0.15) is 0 Å². The van der Waals surface area contributed by atoms with E-state index in [4.69, 9.17) is 0 Å². The van der Waals surface area contributed by atoms with Crippen LogP contribution < -0.4 is 15.6 Å². The van der Waals surface area contributed by atoms with E-state index < -0.39 is 5.91 Å². The second-order valence-corrected chi connectivity index (χ2v) is 6.56. The first kappa shape index (κ1) is 19.3. The maximum Gasteiger partial charge on any atom is 0.257 e. The van der Waals surface area contributed by atoms with Crippen molar-refractivity contribution in [1.82, 2.24) is 20.3 Å². The molecule has 3 heterocycles. The summed E-state index contributed by atoms with van der Waals surface area (Å²) in [7, 11) is 1.96. The number of aromatic nitrogens is 3. The van der Waals surface area contributed by atoms with Crippen LogP contribution in [-0.2, 0) is 13.0 Å². The van der Waals surface area contributed by atoms with Crippen LogP contribution in [-0.4, -0.2) is 34.5 Å². The minimum absolute atomic E-state index is 0.0968. The van der Waals surface area contributed by atoms with E-state index in [0.29, 0.717) is 5.69 Å². The number of nitrogens with zero attached hydrogens (tertiary/aromatic N) is 3. The number of carbonyl (C=O) groups excluding carboxylic acids is 1. The van der Waals surface area contributed by atoms with E-state index in [1.165, 1.54) is 12.3 Å². The fourth-order valence-corrected chi connectivity index (χ4v) is 2.87. The number of carbonyl (C=O) groups is 1. The molecular weight excluding hydrogens is 354 g/mol. The third-order valence-electron chi connectivity index (χ3n) is 4.40. The van der Waals surface area contributed by atoms with Crippen molar-refractivity contribution in [1.29, 1.82) is 0 Å². The highest BCUT2D eigenvalue weighted by molar-refractivity contribution is 5.93. The van der Waals surface area contributed by atoms with Crippen LogP contribution in [0, 0.1) is 6.92 Å². The van der Waals surface area contributed by atoms with Crippen molar-refractivity contribution >= 4 is 11.7 Å². The summed E-state index contributed by atoms with van der Waals surface area (Å²) in [5, 5.41) is 2.81. The molecular formula is C21H23N5O2. The van der Waals surface area contributed by atoms with Crippen molar-refractivity contribution in [3.8, 4) is 0 Å². The lowest BCUT2D eigenvalue weighted by Gasteiger charge is -2.21. The zero-order chi connectivity index (χ0) is 19.9. The smallest absolute Gasteiger partial charge is 0.257 e. The van der Waals surface area contributed by atoms with Crippen LogP contribution in [0.2, 0.25) is 0 Å². The lowest BCUT2D eigenvalue weighted by molar-refractivity contribution is 0.0949. The second-order valence-electron chi connectivity index (χ2n) is 6.56. The molecule has 2 N–H and O–H groups in total. The first-order valence-electron chi connectivity index (χ1n) is 9.07. The Kier molecular flexibility index (Phi) is 6.16. The van der Waals surface area contributed by atoms with E-state index in [0.717, 1.165) is 30.0 Å². The molecule has 144 valence electrons. The van der Waals surface area contributed by atoms with Gasteiger partial charge >= 0.3 is 0 Å². The molecule has 0 fully saturated rings. The Morgan fingerprint density at radius 1 is 1.18 bits per heavy atom. The van der Waals surface area contributed by atoms with Gasteiger partial charge in [0, 0.05) is 68.2 Å². The lowest BCUT2D eigenvalue weighted by Crippen LogP contribution is -2.30. The van der Waals surface area contributed by atoms with E-state index in [2.05, 4.69) is 20.3 Å². The van der Waals surface area contributed by atoms with Crippen LogP contribution >= 0.6 is 0 Å². The zero-order valence-corrected chi connectivity index (χ0v) is 16.0. The average Bonchev–Trinajstić information content (AvgIpc) is 2.71. The van der Waals surface area contributed by atoms with E-state index in [9.17, 15) is 9.59 Å². The standard InChI is InChI=1S/C21H23N5O2/c1-15-12-19(27)18(14-24-15)21(28)25-13-16-6-5-10-23-20(16)26(2)11-8-17-7-3-4-9-22-17/h3-7,9-10,12,14H,8,11,13H2,1-2H3,(H,24,27)(H,25,28). The average molecular weight is 377 g/mol. The van der Waals surface area contributed by atoms with Crippen molar-refractivity contribution in [3.63, 3.8) is 0 Å². The zero-order valence-electron chi connectivity index (χ0n) is 16.0. The van der Waals surface area contributed by atoms with Gasteiger partial charge in [0.25, 0.3) is 5.91 Å². The minimum atomic E-state index is -0.410. The summed E-state index contributed by atoms with van der Waals surface area (Å²) < 4.78 is 0. The van der Waals surface area contributed by atoms with Crippen molar-refractivity contribution in [2.45, 2.75) is 19.9 Å². The van der Waals surface area contributed by atoms with E-state index in [-0.39, 0.29) is 17.5 Å². The maximum atomic E-state index is 12.4. The monoisotopic (exact) mass is 377 g/mol. The Balaban J connectivity index is 1.66. The molecule has 3 rings (SSSR count). The molecule has 0 radical (unpaired) electrons. The number of amides is 1. The predicted molar refractivity (Wildman–Crippen MR) is 108 cm³/mol. The van der Waals surface area contributed by atoms with Gasteiger partial charge in [-0.3, -0.25) is 14.6 Å². The molecule has 7 nitrogen and oxygen atoms in total. The number of likely N-dealkylation sites (N-methyl/N-ethyl adjacent to an activating group) is 1. The fraction of sp³-hybridized carbons (Fsp3) is 0.238. The van der Waals surface area contributed by atoms with Gasteiger partial charge in [0.2, 0.25) is 0 Å². The first-order chi connectivity index (χ1) is 13.5. The summed E-state index contributed by atoms with van der Waals surface area (Å²) in [6, 6.07) is 11.0. The Morgan fingerprint density at radius 3 is 2.75 bits per heavy atom. The summed E-state index contributed by atoms with van der Waals surface area (Å²) >= 11 is 0. The van der Waals surface area contributed by atoms with Crippen molar-refractivity contribution in [2.24, 2.45) is 0 Å². The number of aryl methyl sites for hydroxylation is 1. The van der Waals surface area contributed by atoms with E-state index in [1.807, 2.05) is 42.3 Å². The van der Waals surface area contributed by atoms with Gasteiger partial charge in [-0.25, -0.2) is 4.98 Å². The molecule has 0 unspecified atom stereocenters. The van der Waals surface area contributed by atoms with Gasteiger partial charge < -0.3 is 15.2 Å². The fourth-order valence-electron chi connectivity index (χ4n) is 2.87. The molecule has 0 aliphatic rings. The number of anilines is 1. The van der Waals surface area contributed by atoms with Gasteiger partial charge in [-0.1, -0.05) is 12.1 Å². The van der Waals surface area contributed by atoms with Gasteiger partial charge in [-0.05, 0) is 25.1 Å². The molecule has 0 atom stereocenters.